The van der Waals surface area contributed by atoms with E-state index < -0.39 is 0 Å². The molecule has 1 atom stereocenters. The van der Waals surface area contributed by atoms with Gasteiger partial charge in [-0.15, -0.1) is 0 Å². The average molecular weight is 286 g/mol. The van der Waals surface area contributed by atoms with Gasteiger partial charge in [-0.3, -0.25) is 4.90 Å². The molecule has 112 valence electrons. The van der Waals surface area contributed by atoms with Crippen LogP contribution in [0.3, 0.4) is 0 Å². The van der Waals surface area contributed by atoms with Crippen molar-refractivity contribution in [1.82, 2.24) is 20.0 Å². The van der Waals surface area contributed by atoms with Crippen LogP contribution in [0.5, 0.6) is 0 Å². The summed E-state index contributed by atoms with van der Waals surface area (Å²) >= 11 is 2.11. The molecule has 0 aromatic rings. The monoisotopic (exact) mass is 286 g/mol. The minimum Gasteiger partial charge on any atom is -0.312 e. The van der Waals surface area contributed by atoms with Crippen LogP contribution < -0.4 is 5.32 Å². The Labute approximate surface area is 122 Å². The van der Waals surface area contributed by atoms with Crippen LogP contribution in [-0.2, 0) is 0 Å². The van der Waals surface area contributed by atoms with E-state index in [-0.39, 0.29) is 0 Å². The van der Waals surface area contributed by atoms with Gasteiger partial charge in [0.25, 0.3) is 0 Å². The summed E-state index contributed by atoms with van der Waals surface area (Å²) in [5, 5.41) is 3.64. The lowest BCUT2D eigenvalue weighted by Crippen LogP contribution is -2.49. The highest BCUT2D eigenvalue weighted by atomic mass is 32.2. The zero-order valence-electron chi connectivity index (χ0n) is 12.6. The lowest BCUT2D eigenvalue weighted by molar-refractivity contribution is 0.122. The summed E-state index contributed by atoms with van der Waals surface area (Å²) in [6.07, 6.45) is 1.32. The predicted molar refractivity (Wildman–Crippen MR) is 85.2 cm³/mol. The third-order valence-electron chi connectivity index (χ3n) is 4.12. The predicted octanol–water partition coefficient (Wildman–Crippen LogP) is 0.261. The van der Waals surface area contributed by atoms with E-state index in [2.05, 4.69) is 45.9 Å². The summed E-state index contributed by atoms with van der Waals surface area (Å²) < 4.78 is 0. The molecule has 2 heterocycles. The third-order valence-corrected chi connectivity index (χ3v) is 5.25. The number of hydrogen-bond acceptors (Lipinski definition) is 5. The van der Waals surface area contributed by atoms with Crippen molar-refractivity contribution >= 4 is 11.8 Å². The Morgan fingerprint density at radius 1 is 1.11 bits per heavy atom. The molecule has 0 saturated carbocycles. The molecule has 0 aromatic heterocycles. The van der Waals surface area contributed by atoms with Gasteiger partial charge in [0.2, 0.25) is 0 Å². The SMILES string of the molecule is CN(C)CCN1CCN(CCC2CSCCN2)CC1. The molecular weight excluding hydrogens is 256 g/mol. The Bertz CT molecular complexity index is 236. The summed E-state index contributed by atoms with van der Waals surface area (Å²) in [6, 6.07) is 0.755. The third kappa shape index (κ3) is 6.00. The number of nitrogens with zero attached hydrogens (tertiary/aromatic N) is 3. The van der Waals surface area contributed by atoms with Crippen molar-refractivity contribution in [3.05, 3.63) is 0 Å². The first-order valence-corrected chi connectivity index (χ1v) is 8.80. The van der Waals surface area contributed by atoms with Crippen LogP contribution in [-0.4, -0.2) is 98.7 Å². The topological polar surface area (TPSA) is 21.8 Å². The van der Waals surface area contributed by atoms with E-state index in [9.17, 15) is 0 Å². The minimum atomic E-state index is 0.755. The zero-order valence-corrected chi connectivity index (χ0v) is 13.4. The van der Waals surface area contributed by atoms with E-state index in [4.69, 9.17) is 0 Å². The number of hydrogen-bond donors (Lipinski definition) is 1. The van der Waals surface area contributed by atoms with Crippen molar-refractivity contribution in [3.8, 4) is 0 Å². The molecule has 0 spiro atoms. The molecule has 5 heteroatoms. The maximum absolute atomic E-state index is 3.64. The molecule has 0 bridgehead atoms. The molecular formula is C14H30N4S. The molecule has 1 unspecified atom stereocenters. The average Bonchev–Trinajstić information content (AvgIpc) is 2.45. The Balaban J connectivity index is 1.55. The Kier molecular flexibility index (Phi) is 6.94. The standard InChI is InChI=1S/C14H30N4S/c1-16(2)6-7-18-10-8-17(9-11-18)5-3-14-13-19-12-4-15-14/h14-15H,3-13H2,1-2H3. The van der Waals surface area contributed by atoms with Gasteiger partial charge < -0.3 is 15.1 Å². The van der Waals surface area contributed by atoms with Crippen LogP contribution in [0.4, 0.5) is 0 Å². The Morgan fingerprint density at radius 3 is 2.37 bits per heavy atom. The second-order valence-corrected chi connectivity index (χ2v) is 7.15. The summed E-state index contributed by atoms with van der Waals surface area (Å²) in [6.45, 7) is 9.90. The maximum atomic E-state index is 3.64. The number of thioether (sulfide) groups is 1. The summed E-state index contributed by atoms with van der Waals surface area (Å²) in [5.74, 6) is 2.60. The van der Waals surface area contributed by atoms with Gasteiger partial charge in [-0.05, 0) is 27.1 Å². The lowest BCUT2D eigenvalue weighted by atomic mass is 10.2. The molecule has 19 heavy (non-hydrogen) atoms. The molecule has 0 amide bonds. The van der Waals surface area contributed by atoms with E-state index >= 15 is 0 Å². The van der Waals surface area contributed by atoms with E-state index in [1.54, 1.807) is 0 Å². The fourth-order valence-corrected chi connectivity index (χ4v) is 3.72. The second kappa shape index (κ2) is 8.47. The van der Waals surface area contributed by atoms with Gasteiger partial charge >= 0.3 is 0 Å². The molecule has 2 fully saturated rings. The van der Waals surface area contributed by atoms with Crippen LogP contribution in [0.2, 0.25) is 0 Å². The Hall–Kier alpha value is 0.190. The first-order chi connectivity index (χ1) is 9.24. The van der Waals surface area contributed by atoms with Crippen LogP contribution >= 0.6 is 11.8 Å². The molecule has 4 nitrogen and oxygen atoms in total. The van der Waals surface area contributed by atoms with Gasteiger partial charge in [-0.2, -0.15) is 11.8 Å². The number of likely N-dealkylation sites (N-methyl/N-ethyl adjacent to an activating group) is 1. The molecule has 2 aliphatic rings. The highest BCUT2D eigenvalue weighted by Crippen LogP contribution is 2.11. The van der Waals surface area contributed by atoms with Crippen molar-refractivity contribution in [2.24, 2.45) is 0 Å². The minimum absolute atomic E-state index is 0.755. The fourth-order valence-electron chi connectivity index (χ4n) is 2.72. The lowest BCUT2D eigenvalue weighted by Gasteiger charge is -2.36. The number of rotatable bonds is 6. The van der Waals surface area contributed by atoms with Crippen LogP contribution in [0.25, 0.3) is 0 Å². The van der Waals surface area contributed by atoms with E-state index in [0.717, 1.165) is 6.04 Å². The summed E-state index contributed by atoms with van der Waals surface area (Å²) in [5.41, 5.74) is 0. The highest BCUT2D eigenvalue weighted by molar-refractivity contribution is 7.99. The first-order valence-electron chi connectivity index (χ1n) is 7.64. The van der Waals surface area contributed by atoms with Crippen molar-refractivity contribution in [1.29, 1.82) is 0 Å². The van der Waals surface area contributed by atoms with Gasteiger partial charge in [-0.25, -0.2) is 0 Å². The van der Waals surface area contributed by atoms with Gasteiger partial charge in [0.15, 0.2) is 0 Å². The van der Waals surface area contributed by atoms with Gasteiger partial charge in [0, 0.05) is 63.4 Å². The van der Waals surface area contributed by atoms with E-state index in [0.29, 0.717) is 0 Å². The van der Waals surface area contributed by atoms with Gasteiger partial charge in [0.1, 0.15) is 0 Å². The van der Waals surface area contributed by atoms with Crippen molar-refractivity contribution in [2.45, 2.75) is 12.5 Å². The van der Waals surface area contributed by atoms with Gasteiger partial charge in [0.05, 0.1) is 0 Å². The molecule has 0 radical (unpaired) electrons. The van der Waals surface area contributed by atoms with Crippen molar-refractivity contribution in [2.75, 3.05) is 78.0 Å². The molecule has 1 N–H and O–H groups in total. The molecule has 0 aromatic carbocycles. The van der Waals surface area contributed by atoms with Crippen LogP contribution in [0.1, 0.15) is 6.42 Å². The summed E-state index contributed by atoms with van der Waals surface area (Å²) in [4.78, 5) is 7.52. The Morgan fingerprint density at radius 2 is 1.79 bits per heavy atom. The van der Waals surface area contributed by atoms with Crippen molar-refractivity contribution in [3.63, 3.8) is 0 Å². The quantitative estimate of drug-likeness (QED) is 0.754. The van der Waals surface area contributed by atoms with E-state index in [1.165, 1.54) is 70.3 Å². The first kappa shape index (κ1) is 15.6. The second-order valence-electron chi connectivity index (χ2n) is 6.00. The zero-order chi connectivity index (χ0) is 13.5. The number of piperazine rings is 1. The summed E-state index contributed by atoms with van der Waals surface area (Å²) in [7, 11) is 4.32. The number of nitrogens with one attached hydrogen (secondary N) is 1. The van der Waals surface area contributed by atoms with Gasteiger partial charge in [-0.1, -0.05) is 0 Å². The maximum Gasteiger partial charge on any atom is 0.0170 e. The molecule has 2 rings (SSSR count). The van der Waals surface area contributed by atoms with Crippen LogP contribution in [0.15, 0.2) is 0 Å². The van der Waals surface area contributed by atoms with Crippen LogP contribution in [0, 0.1) is 0 Å². The highest BCUT2D eigenvalue weighted by Gasteiger charge is 2.18. The molecule has 0 aliphatic carbocycles. The molecule has 2 saturated heterocycles. The largest absolute Gasteiger partial charge is 0.312 e. The van der Waals surface area contributed by atoms with E-state index in [1.807, 2.05) is 0 Å². The smallest absolute Gasteiger partial charge is 0.0170 e. The normalized spacial score (nSPS) is 27.0. The molecule has 2 aliphatic heterocycles. The van der Waals surface area contributed by atoms with Crippen molar-refractivity contribution < 1.29 is 0 Å². The fraction of sp³-hybridized carbons (Fsp3) is 1.00.